The van der Waals surface area contributed by atoms with Gasteiger partial charge in [-0.05, 0) is 43.0 Å². The predicted molar refractivity (Wildman–Crippen MR) is 107 cm³/mol. The average Bonchev–Trinajstić information content (AvgIpc) is 2.55. The minimum absolute atomic E-state index is 0.821. The highest BCUT2D eigenvalue weighted by Gasteiger charge is 2.32. The lowest BCUT2D eigenvalue weighted by molar-refractivity contribution is 0.840. The topological polar surface area (TPSA) is 0 Å². The van der Waals surface area contributed by atoms with Crippen LogP contribution in [0.3, 0.4) is 0 Å². The van der Waals surface area contributed by atoms with Crippen LogP contribution in [-0.2, 0) is 0 Å². The van der Waals surface area contributed by atoms with E-state index in [-0.39, 0.29) is 0 Å². The third-order valence-electron chi connectivity index (χ3n) is 4.32. The first kappa shape index (κ1) is 19.7. The van der Waals surface area contributed by atoms with Crippen LogP contribution in [0.5, 0.6) is 0 Å². The second-order valence-corrected chi connectivity index (χ2v) is 10.8. The monoisotopic (exact) mass is 339 g/mol. The van der Waals surface area contributed by atoms with Gasteiger partial charge in [-0.25, -0.2) is 0 Å². The van der Waals surface area contributed by atoms with Gasteiger partial charge in [0.2, 0.25) is 0 Å². The minimum Gasteiger partial charge on any atom is -0.0843 e. The summed E-state index contributed by atoms with van der Waals surface area (Å²) >= 11 is 5.99. The highest BCUT2D eigenvalue weighted by Crippen LogP contribution is 2.62. The van der Waals surface area contributed by atoms with Gasteiger partial charge in [0.25, 0.3) is 0 Å². The molecule has 1 rings (SSSR count). The lowest BCUT2D eigenvalue weighted by Crippen LogP contribution is -2.06. The van der Waals surface area contributed by atoms with Crippen LogP contribution in [0.2, 0.25) is 5.02 Å². The molecule has 0 radical (unpaired) electrons. The van der Waals surface area contributed by atoms with Crippen LogP contribution >= 0.6 is 18.9 Å². The molecule has 0 bridgehead atoms. The molecule has 0 N–H and O–H groups in total. The highest BCUT2D eigenvalue weighted by molar-refractivity contribution is 7.78. The Morgan fingerprint density at radius 1 is 0.818 bits per heavy atom. The van der Waals surface area contributed by atoms with Gasteiger partial charge in [-0.1, -0.05) is 63.8 Å². The summed E-state index contributed by atoms with van der Waals surface area (Å²) in [5, 5.41) is 0.821. The van der Waals surface area contributed by atoms with E-state index in [0.717, 1.165) is 5.02 Å². The Labute approximate surface area is 143 Å². The van der Waals surface area contributed by atoms with Crippen LogP contribution in [-0.4, -0.2) is 18.5 Å². The summed E-state index contributed by atoms with van der Waals surface area (Å²) in [5.41, 5.74) is 1.29. The normalized spacial score (nSPS) is 12.2. The van der Waals surface area contributed by atoms with E-state index in [1.165, 1.54) is 62.6 Å². The van der Waals surface area contributed by atoms with Crippen molar-refractivity contribution < 1.29 is 0 Å². The molecule has 1 aromatic carbocycles. The minimum atomic E-state index is -0.937. The number of hydrogen-bond donors (Lipinski definition) is 0. The summed E-state index contributed by atoms with van der Waals surface area (Å²) in [5.74, 6) is 2.62. The molecule has 2 heteroatoms. The molecule has 0 unspecified atom stereocenters. The second kappa shape index (κ2) is 11.3. The van der Waals surface area contributed by atoms with Crippen LogP contribution < -0.4 is 0 Å². The summed E-state index contributed by atoms with van der Waals surface area (Å²) in [6.45, 7) is 6.95. The fraction of sp³-hybridized carbons (Fsp3) is 0.600. The van der Waals surface area contributed by atoms with Crippen LogP contribution in [0.4, 0.5) is 0 Å². The van der Waals surface area contributed by atoms with Gasteiger partial charge in [-0.15, -0.1) is 0 Å². The smallest absolute Gasteiger partial charge is 0.0635 e. The molecule has 0 amide bonds. The van der Waals surface area contributed by atoms with E-state index >= 15 is 0 Å². The molecule has 0 saturated carbocycles. The van der Waals surface area contributed by atoms with E-state index in [1.54, 1.807) is 0 Å². The van der Waals surface area contributed by atoms with Gasteiger partial charge in [0.05, 0.1) is 24.3 Å². The number of hydrogen-bond acceptors (Lipinski definition) is 0. The lowest BCUT2D eigenvalue weighted by atomic mass is 10.2. The molecule has 0 aliphatic rings. The number of benzene rings is 1. The molecule has 0 fully saturated rings. The van der Waals surface area contributed by atoms with Crippen molar-refractivity contribution in [3.63, 3.8) is 0 Å². The summed E-state index contributed by atoms with van der Waals surface area (Å²) in [7, 11) is -0.937. The van der Waals surface area contributed by atoms with Crippen molar-refractivity contribution in [2.75, 3.05) is 18.5 Å². The Balaban J connectivity index is 2.90. The van der Waals surface area contributed by atoms with Crippen molar-refractivity contribution in [3.05, 3.63) is 40.7 Å². The highest BCUT2D eigenvalue weighted by atomic mass is 35.5. The zero-order valence-electron chi connectivity index (χ0n) is 14.7. The van der Waals surface area contributed by atoms with E-state index in [2.05, 4.69) is 44.8 Å². The molecule has 1 aromatic rings. The van der Waals surface area contributed by atoms with Gasteiger partial charge in [-0.3, -0.25) is 0 Å². The SMILES string of the molecule is CCCC[P+](/C=C/c1ccc(Cl)cc1)(CCCC)CCCC. The molecular weight excluding hydrogens is 307 g/mol. The largest absolute Gasteiger partial charge is 0.0843 e. The van der Waals surface area contributed by atoms with Crippen molar-refractivity contribution in [1.29, 1.82) is 0 Å². The third kappa shape index (κ3) is 7.30. The predicted octanol–water partition coefficient (Wildman–Crippen LogP) is 7.73. The zero-order chi connectivity index (χ0) is 16.3. The van der Waals surface area contributed by atoms with Crippen molar-refractivity contribution in [2.45, 2.75) is 59.3 Å². The maximum absolute atomic E-state index is 5.99. The quantitative estimate of drug-likeness (QED) is 0.362. The Kier molecular flexibility index (Phi) is 10.1. The molecule has 0 saturated heterocycles. The Morgan fingerprint density at radius 2 is 1.27 bits per heavy atom. The summed E-state index contributed by atoms with van der Waals surface area (Å²) in [6, 6.07) is 8.25. The van der Waals surface area contributed by atoms with E-state index in [1.807, 2.05) is 12.1 Å². The fourth-order valence-electron chi connectivity index (χ4n) is 2.80. The molecule has 0 aliphatic carbocycles. The standard InChI is InChI=1S/C20H33ClP/c1-4-7-15-22(16-8-5-2,17-9-6-3)18-14-19-10-12-20(21)13-11-19/h10-14,18H,4-9,15-17H2,1-3H3/q+1/b18-14+. The first-order valence-electron chi connectivity index (χ1n) is 8.96. The molecule has 0 spiro atoms. The van der Waals surface area contributed by atoms with Gasteiger partial charge in [-0.2, -0.15) is 0 Å². The average molecular weight is 340 g/mol. The van der Waals surface area contributed by atoms with Gasteiger partial charge >= 0.3 is 0 Å². The Morgan fingerprint density at radius 3 is 1.68 bits per heavy atom. The van der Waals surface area contributed by atoms with Crippen molar-refractivity contribution in [2.24, 2.45) is 0 Å². The van der Waals surface area contributed by atoms with Crippen molar-refractivity contribution in [3.8, 4) is 0 Å². The summed E-state index contributed by atoms with van der Waals surface area (Å²) in [4.78, 5) is 0. The Hall–Kier alpha value is -0.320. The van der Waals surface area contributed by atoms with Gasteiger partial charge in [0.1, 0.15) is 0 Å². The molecule has 0 nitrogen and oxygen atoms in total. The molecule has 0 heterocycles. The molecule has 0 aromatic heterocycles. The van der Waals surface area contributed by atoms with Crippen LogP contribution in [0, 0.1) is 0 Å². The van der Waals surface area contributed by atoms with Crippen LogP contribution in [0.1, 0.15) is 64.9 Å². The van der Waals surface area contributed by atoms with Gasteiger partial charge in [0.15, 0.2) is 0 Å². The zero-order valence-corrected chi connectivity index (χ0v) is 16.3. The maximum atomic E-state index is 5.99. The van der Waals surface area contributed by atoms with Gasteiger partial charge < -0.3 is 0 Å². The van der Waals surface area contributed by atoms with Gasteiger partial charge in [0, 0.05) is 12.3 Å². The molecule has 0 aliphatic heterocycles. The fourth-order valence-corrected chi connectivity index (χ4v) is 7.37. The Bertz CT molecular complexity index is 400. The molecule has 0 atom stereocenters. The van der Waals surface area contributed by atoms with E-state index < -0.39 is 7.26 Å². The lowest BCUT2D eigenvalue weighted by Gasteiger charge is -2.24. The van der Waals surface area contributed by atoms with Crippen molar-refractivity contribution >= 4 is 24.9 Å². The maximum Gasteiger partial charge on any atom is 0.0635 e. The first-order chi connectivity index (χ1) is 10.7. The van der Waals surface area contributed by atoms with E-state index in [4.69, 9.17) is 11.6 Å². The van der Waals surface area contributed by atoms with Crippen LogP contribution in [0.15, 0.2) is 30.1 Å². The summed E-state index contributed by atoms with van der Waals surface area (Å²) < 4.78 is 0. The third-order valence-corrected chi connectivity index (χ3v) is 8.98. The number of unbranched alkanes of at least 4 members (excludes halogenated alkanes) is 3. The second-order valence-electron chi connectivity index (χ2n) is 6.32. The number of rotatable bonds is 11. The number of halogens is 1. The van der Waals surface area contributed by atoms with E-state index in [0.29, 0.717) is 0 Å². The molecule has 124 valence electrons. The van der Waals surface area contributed by atoms with Crippen LogP contribution in [0.25, 0.3) is 6.08 Å². The van der Waals surface area contributed by atoms with Crippen molar-refractivity contribution in [1.82, 2.24) is 0 Å². The van der Waals surface area contributed by atoms with E-state index in [9.17, 15) is 0 Å². The molecule has 22 heavy (non-hydrogen) atoms. The first-order valence-corrected chi connectivity index (χ1v) is 11.8. The molecular formula is C20H33ClP+. The summed E-state index contributed by atoms with van der Waals surface area (Å²) in [6.07, 6.45) is 14.8.